The minimum Gasteiger partial charge on any atom is -0.497 e. The predicted molar refractivity (Wildman–Crippen MR) is 111 cm³/mol. The third-order valence-electron chi connectivity index (χ3n) is 4.31. The van der Waals surface area contributed by atoms with E-state index in [-0.39, 0.29) is 17.1 Å². The van der Waals surface area contributed by atoms with Gasteiger partial charge in [-0.25, -0.2) is 8.78 Å². The van der Waals surface area contributed by atoms with E-state index < -0.39 is 23.1 Å². The molecule has 0 unspecified atom stereocenters. The Hall–Kier alpha value is -3.73. The highest BCUT2D eigenvalue weighted by Gasteiger charge is 2.15. The molecule has 0 aliphatic heterocycles. The average molecular weight is 443 g/mol. The van der Waals surface area contributed by atoms with E-state index in [1.165, 1.54) is 16.1 Å². The molecule has 2 aromatic carbocycles. The molecule has 11 heteroatoms. The number of nitrogens with zero attached hydrogens (tertiary/aromatic N) is 4. The summed E-state index contributed by atoms with van der Waals surface area (Å²) in [4.78, 5) is 24.9. The Morgan fingerprint density at radius 3 is 2.81 bits per heavy atom. The Morgan fingerprint density at radius 2 is 2.00 bits per heavy atom. The Balaban J connectivity index is 1.53. The number of hydrogen-bond donors (Lipinski definition) is 1. The Morgan fingerprint density at radius 1 is 1.16 bits per heavy atom. The van der Waals surface area contributed by atoms with Crippen LogP contribution < -0.4 is 15.6 Å². The molecule has 0 bridgehead atoms. The predicted octanol–water partition coefficient (Wildman–Crippen LogP) is 2.90. The fraction of sp³-hybridized carbons (Fsp3) is 0.100. The summed E-state index contributed by atoms with van der Waals surface area (Å²) in [6, 6.07) is 9.76. The maximum absolute atomic E-state index is 13.7. The number of anilines is 1. The largest absolute Gasteiger partial charge is 0.497 e. The average Bonchev–Trinajstić information content (AvgIpc) is 3.19. The summed E-state index contributed by atoms with van der Waals surface area (Å²) in [5.41, 5.74) is 0.0178. The monoisotopic (exact) mass is 443 g/mol. The lowest BCUT2D eigenvalue weighted by Gasteiger charge is -2.08. The first kappa shape index (κ1) is 20.5. The number of hydrogen-bond acceptors (Lipinski definition) is 6. The van der Waals surface area contributed by atoms with E-state index in [0.29, 0.717) is 16.6 Å². The van der Waals surface area contributed by atoms with Crippen molar-refractivity contribution in [3.05, 3.63) is 76.8 Å². The molecule has 1 amide bonds. The number of aromatic nitrogens is 4. The van der Waals surface area contributed by atoms with E-state index in [1.807, 2.05) is 0 Å². The number of carbonyl (C=O) groups is 1. The number of methoxy groups -OCH3 is 1. The third kappa shape index (κ3) is 4.26. The van der Waals surface area contributed by atoms with E-state index >= 15 is 0 Å². The lowest BCUT2D eigenvalue weighted by molar-refractivity contribution is -0.113. The van der Waals surface area contributed by atoms with Crippen molar-refractivity contribution in [3.63, 3.8) is 0 Å². The van der Waals surface area contributed by atoms with Gasteiger partial charge in [0.1, 0.15) is 17.4 Å². The molecule has 0 fully saturated rings. The third-order valence-corrected chi connectivity index (χ3v) is 5.25. The zero-order valence-corrected chi connectivity index (χ0v) is 16.9. The van der Waals surface area contributed by atoms with Gasteiger partial charge in [0.25, 0.3) is 0 Å². The summed E-state index contributed by atoms with van der Waals surface area (Å²) in [6.07, 6.45) is 3.16. The van der Waals surface area contributed by atoms with Gasteiger partial charge in [-0.2, -0.15) is 0 Å². The second-order valence-corrected chi connectivity index (χ2v) is 7.25. The molecule has 2 heterocycles. The van der Waals surface area contributed by atoms with Crippen LogP contribution in [-0.4, -0.2) is 37.9 Å². The number of nitrogens with one attached hydrogen (secondary N) is 1. The van der Waals surface area contributed by atoms with Crippen LogP contribution in [-0.2, 0) is 4.79 Å². The lowest BCUT2D eigenvalue weighted by Crippen LogP contribution is -2.20. The zero-order chi connectivity index (χ0) is 22.0. The summed E-state index contributed by atoms with van der Waals surface area (Å²) in [6.45, 7) is 0. The number of halogens is 2. The first-order chi connectivity index (χ1) is 15.0. The number of rotatable bonds is 6. The topological polar surface area (TPSA) is 90.5 Å². The molecule has 0 saturated carbocycles. The van der Waals surface area contributed by atoms with Crippen LogP contribution >= 0.6 is 11.8 Å². The van der Waals surface area contributed by atoms with Crippen LogP contribution in [0.15, 0.2) is 64.8 Å². The van der Waals surface area contributed by atoms with Gasteiger partial charge >= 0.3 is 5.56 Å². The van der Waals surface area contributed by atoms with Crippen LogP contribution in [0.1, 0.15) is 0 Å². The van der Waals surface area contributed by atoms with Gasteiger partial charge in [-0.3, -0.25) is 18.6 Å². The van der Waals surface area contributed by atoms with E-state index in [0.717, 1.165) is 30.0 Å². The molecule has 0 aliphatic rings. The van der Waals surface area contributed by atoms with Crippen LogP contribution in [0.3, 0.4) is 0 Å². The number of thioether (sulfide) groups is 1. The summed E-state index contributed by atoms with van der Waals surface area (Å²) in [5.74, 6) is -1.51. The van der Waals surface area contributed by atoms with Crippen LogP contribution in [0.2, 0.25) is 0 Å². The molecule has 31 heavy (non-hydrogen) atoms. The van der Waals surface area contributed by atoms with Gasteiger partial charge in [0.15, 0.2) is 5.16 Å². The molecule has 0 saturated heterocycles. The number of ether oxygens (including phenoxy) is 1. The molecule has 2 aromatic heterocycles. The quantitative estimate of drug-likeness (QED) is 0.461. The van der Waals surface area contributed by atoms with Crippen LogP contribution in [0, 0.1) is 11.6 Å². The fourth-order valence-corrected chi connectivity index (χ4v) is 3.56. The molecule has 4 rings (SSSR count). The van der Waals surface area contributed by atoms with Crippen molar-refractivity contribution in [1.82, 2.24) is 19.2 Å². The molecule has 0 aliphatic carbocycles. The molecule has 0 atom stereocenters. The van der Waals surface area contributed by atoms with Gasteiger partial charge in [0, 0.05) is 24.5 Å². The standard InChI is InChI=1S/C20H15F2N5O3S/c1-30-14-4-2-3-13(10-14)26-7-8-27-18(19(26)29)24-25-20(27)31-11-17(28)23-16-9-12(21)5-6-15(16)22/h2-10H,11H2,1H3,(H,23,28). The maximum atomic E-state index is 13.7. The number of amides is 1. The van der Waals surface area contributed by atoms with E-state index in [9.17, 15) is 18.4 Å². The molecular weight excluding hydrogens is 428 g/mol. The van der Waals surface area contributed by atoms with Crippen molar-refractivity contribution in [2.24, 2.45) is 0 Å². The molecule has 0 radical (unpaired) electrons. The van der Waals surface area contributed by atoms with Crippen LogP contribution in [0.25, 0.3) is 11.3 Å². The Kier molecular flexibility index (Phi) is 5.67. The minimum atomic E-state index is -0.745. The summed E-state index contributed by atoms with van der Waals surface area (Å²) in [5, 5.41) is 10.5. The molecule has 0 spiro atoms. The van der Waals surface area contributed by atoms with E-state index in [2.05, 4.69) is 15.5 Å². The Labute approximate surface area is 178 Å². The molecule has 8 nitrogen and oxygen atoms in total. The van der Waals surface area contributed by atoms with Gasteiger partial charge in [-0.05, 0) is 24.3 Å². The number of benzene rings is 2. The second kappa shape index (κ2) is 8.56. The Bertz CT molecular complexity index is 1340. The van der Waals surface area contributed by atoms with Crippen molar-refractivity contribution in [2.75, 3.05) is 18.2 Å². The highest BCUT2D eigenvalue weighted by Crippen LogP contribution is 2.19. The molecule has 1 N–H and O–H groups in total. The van der Waals surface area contributed by atoms with Gasteiger partial charge < -0.3 is 10.1 Å². The van der Waals surface area contributed by atoms with Gasteiger partial charge in [0.2, 0.25) is 11.6 Å². The second-order valence-electron chi connectivity index (χ2n) is 6.31. The smallest absolute Gasteiger partial charge is 0.300 e. The minimum absolute atomic E-state index is 0.0735. The first-order valence-corrected chi connectivity index (χ1v) is 9.93. The SMILES string of the molecule is COc1cccc(-n2ccn3c(SCC(=O)Nc4cc(F)ccc4F)nnc3c2=O)c1. The van der Waals surface area contributed by atoms with Gasteiger partial charge in [0.05, 0.1) is 24.2 Å². The van der Waals surface area contributed by atoms with Crippen molar-refractivity contribution >= 4 is 29.0 Å². The van der Waals surface area contributed by atoms with E-state index in [4.69, 9.17) is 4.74 Å². The molecule has 4 aromatic rings. The van der Waals surface area contributed by atoms with Crippen molar-refractivity contribution in [3.8, 4) is 11.4 Å². The highest BCUT2D eigenvalue weighted by molar-refractivity contribution is 7.99. The number of carbonyl (C=O) groups excluding carboxylic acids is 1. The summed E-state index contributed by atoms with van der Waals surface area (Å²) < 4.78 is 34.9. The van der Waals surface area contributed by atoms with Crippen molar-refractivity contribution in [2.45, 2.75) is 5.16 Å². The highest BCUT2D eigenvalue weighted by atomic mass is 32.2. The fourth-order valence-electron chi connectivity index (χ4n) is 2.84. The summed E-state index contributed by atoms with van der Waals surface area (Å²) in [7, 11) is 1.53. The normalized spacial score (nSPS) is 10.9. The van der Waals surface area contributed by atoms with Crippen LogP contribution in [0.4, 0.5) is 14.5 Å². The molecular formula is C20H15F2N5O3S. The van der Waals surface area contributed by atoms with Crippen LogP contribution in [0.5, 0.6) is 5.75 Å². The van der Waals surface area contributed by atoms with E-state index in [1.54, 1.807) is 36.7 Å². The van der Waals surface area contributed by atoms with Gasteiger partial charge in [-0.1, -0.05) is 17.8 Å². The first-order valence-electron chi connectivity index (χ1n) is 8.95. The zero-order valence-electron chi connectivity index (χ0n) is 16.1. The lowest BCUT2D eigenvalue weighted by atomic mass is 10.3. The maximum Gasteiger partial charge on any atom is 0.300 e. The van der Waals surface area contributed by atoms with Crippen molar-refractivity contribution in [1.29, 1.82) is 0 Å². The molecule has 158 valence electrons. The number of fused-ring (bicyclic) bond motifs is 1. The van der Waals surface area contributed by atoms with Gasteiger partial charge in [-0.15, -0.1) is 10.2 Å². The summed E-state index contributed by atoms with van der Waals surface area (Å²) >= 11 is 1.00. The van der Waals surface area contributed by atoms with Crippen molar-refractivity contribution < 1.29 is 18.3 Å².